The summed E-state index contributed by atoms with van der Waals surface area (Å²) in [5.74, 6) is 0. The molecule has 3 nitrogen and oxygen atoms in total. The van der Waals surface area contributed by atoms with Gasteiger partial charge < -0.3 is 4.57 Å². The zero-order chi connectivity index (χ0) is 10.1. The molecule has 0 fully saturated rings. The van der Waals surface area contributed by atoms with Gasteiger partial charge >= 0.3 is 11.3 Å². The maximum absolute atomic E-state index is 11.8. The Morgan fingerprint density at radius 1 is 1.62 bits per heavy atom. The topological polar surface area (TPSA) is 34.9 Å². The molecule has 0 aliphatic rings. The highest BCUT2D eigenvalue weighted by Crippen LogP contribution is 2.27. The number of hydrogen-bond donors (Lipinski definition) is 0. The van der Waals surface area contributed by atoms with Gasteiger partial charge in [-0.3, -0.25) is 4.79 Å². The summed E-state index contributed by atoms with van der Waals surface area (Å²) in [7, 11) is 1.51. The summed E-state index contributed by atoms with van der Waals surface area (Å²) in [6, 6.07) is 0. The van der Waals surface area contributed by atoms with E-state index in [1.165, 1.54) is 24.0 Å². The van der Waals surface area contributed by atoms with E-state index < -0.39 is 11.3 Å². The first-order chi connectivity index (χ1) is 5.91. The van der Waals surface area contributed by atoms with Crippen molar-refractivity contribution in [3.63, 3.8) is 0 Å². The van der Waals surface area contributed by atoms with Gasteiger partial charge in [0, 0.05) is 19.4 Å². The minimum Gasteiger partial charge on any atom is -0.329 e. The SMILES string of the molecule is Cn1ccnc1SC(=O)C(F)(F)F. The first kappa shape index (κ1) is 10.1. The van der Waals surface area contributed by atoms with Crippen LogP contribution in [0.5, 0.6) is 0 Å². The molecular formula is C6H5F3N2OS. The zero-order valence-corrected chi connectivity index (χ0v) is 7.32. The molecule has 0 aromatic carbocycles. The highest BCUT2D eigenvalue weighted by Gasteiger charge is 2.39. The summed E-state index contributed by atoms with van der Waals surface area (Å²) in [6.07, 6.45) is -2.02. The second-order valence-corrected chi connectivity index (χ2v) is 3.15. The lowest BCUT2D eigenvalue weighted by Gasteiger charge is -2.03. The molecule has 0 spiro atoms. The van der Waals surface area contributed by atoms with Gasteiger partial charge in [-0.1, -0.05) is 0 Å². The van der Waals surface area contributed by atoms with E-state index in [-0.39, 0.29) is 16.9 Å². The van der Waals surface area contributed by atoms with Crippen LogP contribution in [0.1, 0.15) is 0 Å². The number of nitrogens with zero attached hydrogens (tertiary/aromatic N) is 2. The molecule has 0 bridgehead atoms. The predicted molar refractivity (Wildman–Crippen MR) is 40.1 cm³/mol. The maximum Gasteiger partial charge on any atom is 0.461 e. The molecule has 13 heavy (non-hydrogen) atoms. The third kappa shape index (κ3) is 2.48. The minimum absolute atomic E-state index is 0.0299. The van der Waals surface area contributed by atoms with E-state index >= 15 is 0 Å². The van der Waals surface area contributed by atoms with E-state index in [0.717, 1.165) is 0 Å². The normalized spacial score (nSPS) is 11.7. The average Bonchev–Trinajstić information content (AvgIpc) is 2.34. The molecule has 0 amide bonds. The molecule has 0 unspecified atom stereocenters. The van der Waals surface area contributed by atoms with Crippen LogP contribution in [0.4, 0.5) is 13.2 Å². The van der Waals surface area contributed by atoms with Crippen LogP contribution in [0.15, 0.2) is 17.6 Å². The summed E-state index contributed by atoms with van der Waals surface area (Å²) in [4.78, 5) is 14.0. The number of imidazole rings is 1. The quantitative estimate of drug-likeness (QED) is 0.660. The summed E-state index contributed by atoms with van der Waals surface area (Å²) in [5.41, 5.74) is 0. The van der Waals surface area contributed by atoms with E-state index in [1.54, 1.807) is 0 Å². The number of alkyl halides is 3. The van der Waals surface area contributed by atoms with Crippen molar-refractivity contribution >= 4 is 16.9 Å². The van der Waals surface area contributed by atoms with E-state index in [1.807, 2.05) is 0 Å². The van der Waals surface area contributed by atoms with Crippen LogP contribution in [0.3, 0.4) is 0 Å². The van der Waals surface area contributed by atoms with Crippen molar-refractivity contribution in [3.8, 4) is 0 Å². The number of carbonyl (C=O) groups is 1. The Bertz CT molecular complexity index is 320. The van der Waals surface area contributed by atoms with Gasteiger partial charge in [-0.05, 0) is 11.8 Å². The minimum atomic E-state index is -4.81. The molecule has 0 radical (unpaired) electrons. The van der Waals surface area contributed by atoms with Gasteiger partial charge in [-0.15, -0.1) is 0 Å². The van der Waals surface area contributed by atoms with Gasteiger partial charge in [0.1, 0.15) is 0 Å². The van der Waals surface area contributed by atoms with Crippen LogP contribution in [-0.4, -0.2) is 20.8 Å². The van der Waals surface area contributed by atoms with Gasteiger partial charge in [0.2, 0.25) is 0 Å². The lowest BCUT2D eigenvalue weighted by atomic mass is 10.8. The molecule has 72 valence electrons. The number of halogens is 3. The standard InChI is InChI=1S/C6H5F3N2OS/c1-11-3-2-10-5(11)13-4(12)6(7,8)9/h2-3H,1H3. The van der Waals surface area contributed by atoms with E-state index in [0.29, 0.717) is 0 Å². The fourth-order valence-electron chi connectivity index (χ4n) is 0.591. The van der Waals surface area contributed by atoms with Crippen molar-refractivity contribution in [2.75, 3.05) is 0 Å². The maximum atomic E-state index is 11.8. The summed E-state index contributed by atoms with van der Waals surface area (Å²) < 4.78 is 36.6. The Labute approximate surface area is 75.9 Å². The number of aromatic nitrogens is 2. The Morgan fingerprint density at radius 3 is 2.62 bits per heavy atom. The molecular weight excluding hydrogens is 205 g/mol. The van der Waals surface area contributed by atoms with E-state index in [9.17, 15) is 18.0 Å². The first-order valence-electron chi connectivity index (χ1n) is 3.17. The summed E-state index contributed by atoms with van der Waals surface area (Å²) in [6.45, 7) is 0. The fourth-order valence-corrected chi connectivity index (χ4v) is 1.19. The average molecular weight is 210 g/mol. The van der Waals surface area contributed by atoms with Crippen molar-refractivity contribution in [1.82, 2.24) is 9.55 Å². The smallest absolute Gasteiger partial charge is 0.329 e. The Morgan fingerprint density at radius 2 is 2.23 bits per heavy atom. The largest absolute Gasteiger partial charge is 0.461 e. The zero-order valence-electron chi connectivity index (χ0n) is 6.50. The second-order valence-electron chi connectivity index (χ2n) is 2.21. The molecule has 0 saturated carbocycles. The molecule has 1 aromatic rings. The van der Waals surface area contributed by atoms with E-state index in [4.69, 9.17) is 0 Å². The highest BCUT2D eigenvalue weighted by atomic mass is 32.2. The van der Waals surface area contributed by atoms with Crippen LogP contribution in [-0.2, 0) is 11.8 Å². The van der Waals surface area contributed by atoms with Gasteiger partial charge in [0.15, 0.2) is 5.16 Å². The van der Waals surface area contributed by atoms with Crippen LogP contribution >= 0.6 is 11.8 Å². The van der Waals surface area contributed by atoms with Crippen LogP contribution in [0.2, 0.25) is 0 Å². The van der Waals surface area contributed by atoms with E-state index in [2.05, 4.69) is 4.98 Å². The fraction of sp³-hybridized carbons (Fsp3) is 0.333. The van der Waals surface area contributed by atoms with Gasteiger partial charge in [0.05, 0.1) is 0 Å². The number of thioether (sulfide) groups is 1. The molecule has 0 N–H and O–H groups in total. The lowest BCUT2D eigenvalue weighted by molar-refractivity contribution is -0.160. The Balaban J connectivity index is 2.71. The summed E-state index contributed by atoms with van der Waals surface area (Å²) in [5, 5.41) is -1.83. The van der Waals surface area contributed by atoms with Crippen molar-refractivity contribution < 1.29 is 18.0 Å². The molecule has 0 atom stereocenters. The van der Waals surface area contributed by atoms with Crippen molar-refractivity contribution in [3.05, 3.63) is 12.4 Å². The van der Waals surface area contributed by atoms with Crippen LogP contribution < -0.4 is 0 Å². The van der Waals surface area contributed by atoms with Crippen LogP contribution in [0, 0.1) is 0 Å². The number of rotatable bonds is 1. The molecule has 1 aromatic heterocycles. The van der Waals surface area contributed by atoms with Gasteiger partial charge in [0.25, 0.3) is 0 Å². The van der Waals surface area contributed by atoms with Crippen LogP contribution in [0.25, 0.3) is 0 Å². The number of aryl methyl sites for hydroxylation is 1. The van der Waals surface area contributed by atoms with Crippen molar-refractivity contribution in [2.24, 2.45) is 7.05 Å². The second kappa shape index (κ2) is 3.41. The number of carbonyl (C=O) groups excluding carboxylic acids is 1. The molecule has 1 rings (SSSR count). The predicted octanol–water partition coefficient (Wildman–Crippen LogP) is 1.60. The molecule has 0 saturated heterocycles. The third-order valence-electron chi connectivity index (χ3n) is 1.19. The van der Waals surface area contributed by atoms with Gasteiger partial charge in [-0.25, -0.2) is 4.98 Å². The molecule has 1 heterocycles. The van der Waals surface area contributed by atoms with Crippen molar-refractivity contribution in [2.45, 2.75) is 11.3 Å². The van der Waals surface area contributed by atoms with Crippen molar-refractivity contribution in [1.29, 1.82) is 0 Å². The lowest BCUT2D eigenvalue weighted by Crippen LogP contribution is -2.19. The van der Waals surface area contributed by atoms with Gasteiger partial charge in [-0.2, -0.15) is 13.2 Å². The first-order valence-corrected chi connectivity index (χ1v) is 3.99. The Kier molecular flexibility index (Phi) is 2.65. The molecule has 0 aliphatic heterocycles. The third-order valence-corrected chi connectivity index (χ3v) is 2.19. The number of hydrogen-bond acceptors (Lipinski definition) is 3. The molecule has 0 aliphatic carbocycles. The molecule has 7 heteroatoms. The Hall–Kier alpha value is -0.980. The monoisotopic (exact) mass is 210 g/mol. The highest BCUT2D eigenvalue weighted by molar-refractivity contribution is 8.13. The summed E-state index contributed by atoms with van der Waals surface area (Å²) >= 11 is 0.0718.